The number of aromatic nitrogens is 1. The minimum Gasteiger partial charge on any atom is -0.398 e. The van der Waals surface area contributed by atoms with Crippen LogP contribution in [0.25, 0.3) is 0 Å². The summed E-state index contributed by atoms with van der Waals surface area (Å²) in [7, 11) is 0. The van der Waals surface area contributed by atoms with E-state index in [2.05, 4.69) is 4.98 Å². The predicted molar refractivity (Wildman–Crippen MR) is 63.8 cm³/mol. The zero-order valence-electron chi connectivity index (χ0n) is 9.39. The molecule has 0 aliphatic carbocycles. The van der Waals surface area contributed by atoms with Gasteiger partial charge in [0.15, 0.2) is 0 Å². The van der Waals surface area contributed by atoms with Crippen LogP contribution >= 0.6 is 0 Å². The Labute approximate surface area is 98.7 Å². The molecule has 0 saturated carbocycles. The Bertz CT molecular complexity index is 543. The number of halogens is 1. The second kappa shape index (κ2) is 4.51. The van der Waals surface area contributed by atoms with E-state index in [1.54, 1.807) is 31.2 Å². The molecule has 88 valence electrons. The van der Waals surface area contributed by atoms with Crippen molar-refractivity contribution in [1.82, 2.24) is 4.98 Å². The second-order valence-electron chi connectivity index (χ2n) is 3.89. The van der Waals surface area contributed by atoms with Crippen LogP contribution in [-0.4, -0.2) is 10.1 Å². The standard InChI is InChI=1S/C13H13FN2O/c1-8-3-2-4-9(12(8)14)13(17)10-7-16-6-5-11(10)15/h2-7,13,17H,1H3,(H2,15,16). The van der Waals surface area contributed by atoms with Gasteiger partial charge in [0, 0.05) is 29.2 Å². The number of pyridine rings is 1. The van der Waals surface area contributed by atoms with Crippen LogP contribution in [0.5, 0.6) is 0 Å². The van der Waals surface area contributed by atoms with Crippen LogP contribution < -0.4 is 5.73 Å². The van der Waals surface area contributed by atoms with Crippen molar-refractivity contribution in [2.75, 3.05) is 5.73 Å². The largest absolute Gasteiger partial charge is 0.398 e. The van der Waals surface area contributed by atoms with Crippen molar-refractivity contribution in [3.05, 3.63) is 59.2 Å². The first kappa shape index (κ1) is 11.5. The quantitative estimate of drug-likeness (QED) is 0.834. The molecule has 2 rings (SSSR count). The lowest BCUT2D eigenvalue weighted by Crippen LogP contribution is -2.07. The average Bonchev–Trinajstić information content (AvgIpc) is 2.32. The molecule has 0 fully saturated rings. The Morgan fingerprint density at radius 3 is 2.76 bits per heavy atom. The molecule has 0 bridgehead atoms. The molecule has 0 amide bonds. The fourth-order valence-corrected chi connectivity index (χ4v) is 1.69. The smallest absolute Gasteiger partial charge is 0.132 e. The van der Waals surface area contributed by atoms with Crippen LogP contribution in [0.1, 0.15) is 22.8 Å². The van der Waals surface area contributed by atoms with Gasteiger partial charge >= 0.3 is 0 Å². The zero-order valence-corrected chi connectivity index (χ0v) is 9.39. The van der Waals surface area contributed by atoms with Gasteiger partial charge < -0.3 is 10.8 Å². The van der Waals surface area contributed by atoms with Crippen LogP contribution in [0.15, 0.2) is 36.7 Å². The molecule has 0 aliphatic heterocycles. The van der Waals surface area contributed by atoms with E-state index in [0.29, 0.717) is 16.8 Å². The molecule has 17 heavy (non-hydrogen) atoms. The highest BCUT2D eigenvalue weighted by Crippen LogP contribution is 2.28. The molecule has 1 unspecified atom stereocenters. The maximum atomic E-state index is 13.8. The summed E-state index contributed by atoms with van der Waals surface area (Å²) in [6.45, 7) is 1.65. The van der Waals surface area contributed by atoms with Crippen molar-refractivity contribution in [2.45, 2.75) is 13.0 Å². The van der Waals surface area contributed by atoms with Gasteiger partial charge in [0.1, 0.15) is 11.9 Å². The van der Waals surface area contributed by atoms with Crippen LogP contribution in [0.4, 0.5) is 10.1 Å². The molecule has 0 spiro atoms. The van der Waals surface area contributed by atoms with Gasteiger partial charge in [0.25, 0.3) is 0 Å². The fraction of sp³-hybridized carbons (Fsp3) is 0.154. The lowest BCUT2D eigenvalue weighted by atomic mass is 9.99. The summed E-state index contributed by atoms with van der Waals surface area (Å²) >= 11 is 0. The number of benzene rings is 1. The summed E-state index contributed by atoms with van der Waals surface area (Å²) in [5, 5.41) is 10.1. The third-order valence-electron chi connectivity index (χ3n) is 2.70. The van der Waals surface area contributed by atoms with Gasteiger partial charge in [0.2, 0.25) is 0 Å². The Hall–Kier alpha value is -1.94. The molecule has 1 heterocycles. The first-order valence-corrected chi connectivity index (χ1v) is 5.23. The van der Waals surface area contributed by atoms with E-state index in [-0.39, 0.29) is 5.56 Å². The van der Waals surface area contributed by atoms with E-state index in [9.17, 15) is 9.50 Å². The lowest BCUT2D eigenvalue weighted by Gasteiger charge is -2.14. The molecule has 3 nitrogen and oxygen atoms in total. The Morgan fingerprint density at radius 2 is 2.06 bits per heavy atom. The number of hydrogen-bond donors (Lipinski definition) is 2. The van der Waals surface area contributed by atoms with E-state index in [1.165, 1.54) is 12.4 Å². The van der Waals surface area contributed by atoms with E-state index in [4.69, 9.17) is 5.73 Å². The molecule has 1 atom stereocenters. The van der Waals surface area contributed by atoms with Crippen molar-refractivity contribution in [3.8, 4) is 0 Å². The highest BCUT2D eigenvalue weighted by Gasteiger charge is 2.18. The van der Waals surface area contributed by atoms with Gasteiger partial charge in [-0.15, -0.1) is 0 Å². The maximum Gasteiger partial charge on any atom is 0.132 e. The van der Waals surface area contributed by atoms with Crippen LogP contribution in [0, 0.1) is 12.7 Å². The lowest BCUT2D eigenvalue weighted by molar-refractivity contribution is 0.215. The maximum absolute atomic E-state index is 13.8. The molecular weight excluding hydrogens is 219 g/mol. The number of aliphatic hydroxyl groups excluding tert-OH is 1. The van der Waals surface area contributed by atoms with E-state index < -0.39 is 11.9 Å². The van der Waals surface area contributed by atoms with E-state index in [1.807, 2.05) is 0 Å². The number of rotatable bonds is 2. The average molecular weight is 232 g/mol. The van der Waals surface area contributed by atoms with Gasteiger partial charge in [-0.25, -0.2) is 4.39 Å². The number of nitrogen functional groups attached to an aromatic ring is 1. The summed E-state index contributed by atoms with van der Waals surface area (Å²) in [5.41, 5.74) is 7.24. The predicted octanol–water partition coefficient (Wildman–Crippen LogP) is 2.19. The number of nitrogens with two attached hydrogens (primary N) is 1. The summed E-state index contributed by atoms with van der Waals surface area (Å²) < 4.78 is 13.8. The molecule has 3 N–H and O–H groups in total. The van der Waals surface area contributed by atoms with Crippen molar-refractivity contribution < 1.29 is 9.50 Å². The third-order valence-corrected chi connectivity index (χ3v) is 2.70. The topological polar surface area (TPSA) is 59.1 Å². The van der Waals surface area contributed by atoms with Crippen LogP contribution in [0.3, 0.4) is 0 Å². The van der Waals surface area contributed by atoms with Crippen molar-refractivity contribution in [1.29, 1.82) is 0 Å². The molecule has 0 saturated heterocycles. The van der Waals surface area contributed by atoms with Gasteiger partial charge in [0.05, 0.1) is 0 Å². The highest BCUT2D eigenvalue weighted by molar-refractivity contribution is 5.49. The number of aliphatic hydroxyl groups is 1. The highest BCUT2D eigenvalue weighted by atomic mass is 19.1. The Morgan fingerprint density at radius 1 is 1.29 bits per heavy atom. The Kier molecular flexibility index (Phi) is 3.06. The molecule has 4 heteroatoms. The van der Waals surface area contributed by atoms with Crippen molar-refractivity contribution in [3.63, 3.8) is 0 Å². The molecular formula is C13H13FN2O. The van der Waals surface area contributed by atoms with Gasteiger partial charge in [-0.2, -0.15) is 0 Å². The normalized spacial score (nSPS) is 12.4. The van der Waals surface area contributed by atoms with Gasteiger partial charge in [-0.1, -0.05) is 18.2 Å². The summed E-state index contributed by atoms with van der Waals surface area (Å²) in [4.78, 5) is 3.88. The van der Waals surface area contributed by atoms with Crippen molar-refractivity contribution >= 4 is 5.69 Å². The minimum absolute atomic E-state index is 0.213. The molecule has 0 radical (unpaired) electrons. The summed E-state index contributed by atoms with van der Waals surface area (Å²) in [6.07, 6.45) is 1.88. The van der Waals surface area contributed by atoms with E-state index >= 15 is 0 Å². The zero-order chi connectivity index (χ0) is 12.4. The van der Waals surface area contributed by atoms with Crippen LogP contribution in [-0.2, 0) is 0 Å². The molecule has 1 aromatic carbocycles. The fourth-order valence-electron chi connectivity index (χ4n) is 1.69. The SMILES string of the molecule is Cc1cccc(C(O)c2cnccc2N)c1F. The second-order valence-corrected chi connectivity index (χ2v) is 3.89. The van der Waals surface area contributed by atoms with E-state index in [0.717, 1.165) is 0 Å². The minimum atomic E-state index is -1.09. The summed E-state index contributed by atoms with van der Waals surface area (Å²) in [6, 6.07) is 6.47. The van der Waals surface area contributed by atoms with Crippen molar-refractivity contribution in [2.24, 2.45) is 0 Å². The third kappa shape index (κ3) is 2.12. The molecule has 2 aromatic rings. The Balaban J connectivity index is 2.48. The number of aryl methyl sites for hydroxylation is 1. The van der Waals surface area contributed by atoms with Gasteiger partial charge in [-0.3, -0.25) is 4.98 Å². The first-order chi connectivity index (χ1) is 8.11. The molecule has 1 aromatic heterocycles. The summed E-state index contributed by atoms with van der Waals surface area (Å²) in [5.74, 6) is -0.414. The number of nitrogens with zero attached hydrogens (tertiary/aromatic N) is 1. The first-order valence-electron chi connectivity index (χ1n) is 5.23. The molecule has 0 aliphatic rings. The van der Waals surface area contributed by atoms with Gasteiger partial charge in [-0.05, 0) is 18.6 Å². The monoisotopic (exact) mass is 232 g/mol. The van der Waals surface area contributed by atoms with Crippen LogP contribution in [0.2, 0.25) is 0 Å². The number of anilines is 1. The number of hydrogen-bond acceptors (Lipinski definition) is 3.